The number of carbonyl (C=O) groups excluding carboxylic acids is 3. The van der Waals surface area contributed by atoms with Crippen LogP contribution in [0.3, 0.4) is 0 Å². The molecule has 0 N–H and O–H groups in total. The Morgan fingerprint density at radius 3 is 1.89 bits per heavy atom. The Kier molecular flexibility index (Phi) is 8.65. The number of carbonyl (C=O) groups is 3. The predicted molar refractivity (Wildman–Crippen MR) is 165 cm³/mol. The number of aromatic nitrogens is 1. The van der Waals surface area contributed by atoms with Crippen molar-refractivity contribution in [3.05, 3.63) is 118 Å². The number of hydrogen-bond donors (Lipinski definition) is 0. The third-order valence-corrected chi connectivity index (χ3v) is 8.30. The summed E-state index contributed by atoms with van der Waals surface area (Å²) in [5, 5.41) is 1.45. The highest BCUT2D eigenvalue weighted by atomic mass is 32.2. The van der Waals surface area contributed by atoms with Gasteiger partial charge in [0.1, 0.15) is 12.8 Å². The molecule has 2 amide bonds. The first-order chi connectivity index (χ1) is 22.0. The fraction of sp³-hybridized carbons (Fsp3) is 0.176. The molecule has 0 fully saturated rings. The molecular formula is C34H27F3N2O7S. The maximum absolute atomic E-state index is 13.9. The number of benzene rings is 4. The van der Waals surface area contributed by atoms with E-state index in [2.05, 4.69) is 0 Å². The van der Waals surface area contributed by atoms with Gasteiger partial charge in [-0.2, -0.15) is 17.7 Å². The Balaban J connectivity index is 0.000000483. The van der Waals surface area contributed by atoms with E-state index < -0.39 is 21.6 Å². The highest BCUT2D eigenvalue weighted by Gasteiger charge is 2.37. The first-order valence-corrected chi connectivity index (χ1v) is 15.5. The third kappa shape index (κ3) is 6.31. The lowest BCUT2D eigenvalue weighted by Crippen LogP contribution is -2.32. The molecule has 9 nitrogen and oxygen atoms in total. The van der Waals surface area contributed by atoms with E-state index in [9.17, 15) is 27.6 Å². The van der Waals surface area contributed by atoms with Crippen molar-refractivity contribution in [3.8, 4) is 5.75 Å². The topological polar surface area (TPSA) is 125 Å². The minimum Gasteiger partial charge on any atom is -0.741 e. The van der Waals surface area contributed by atoms with Crippen molar-refractivity contribution < 1.29 is 49.8 Å². The van der Waals surface area contributed by atoms with Crippen LogP contribution in [0.4, 0.5) is 13.2 Å². The smallest absolute Gasteiger partial charge is 0.485 e. The number of nitrogens with zero attached hydrogens (tertiary/aromatic N) is 2. The van der Waals surface area contributed by atoms with Gasteiger partial charge in [0.25, 0.3) is 11.8 Å². The Morgan fingerprint density at radius 2 is 1.34 bits per heavy atom. The summed E-state index contributed by atoms with van der Waals surface area (Å²) < 4.78 is 67.0. The maximum Gasteiger partial charge on any atom is 0.485 e. The highest BCUT2D eigenvalue weighted by molar-refractivity contribution is 7.86. The minimum atomic E-state index is -6.09. The Labute approximate surface area is 267 Å². The maximum atomic E-state index is 13.9. The van der Waals surface area contributed by atoms with E-state index in [-0.39, 0.29) is 18.4 Å². The van der Waals surface area contributed by atoms with Crippen molar-refractivity contribution in [3.63, 3.8) is 0 Å². The Bertz CT molecular complexity index is 2170. The van der Waals surface area contributed by atoms with Crippen LogP contribution in [0.2, 0.25) is 0 Å². The van der Waals surface area contributed by atoms with Gasteiger partial charge in [-0.1, -0.05) is 48.0 Å². The lowest BCUT2D eigenvalue weighted by Gasteiger charge is -2.16. The second-order valence-electron chi connectivity index (χ2n) is 11.1. The minimum absolute atomic E-state index is 0.101. The average Bonchev–Trinajstić information content (AvgIpc) is 3.23. The number of hydrogen-bond acceptors (Lipinski definition) is 7. The van der Waals surface area contributed by atoms with Crippen LogP contribution in [0.5, 0.6) is 5.75 Å². The van der Waals surface area contributed by atoms with Crippen molar-refractivity contribution in [2.24, 2.45) is 7.05 Å². The van der Waals surface area contributed by atoms with Crippen LogP contribution in [0.25, 0.3) is 21.8 Å². The fourth-order valence-electron chi connectivity index (χ4n) is 5.68. The number of ether oxygens (including phenoxy) is 1. The van der Waals surface area contributed by atoms with Crippen LogP contribution < -0.4 is 9.30 Å². The van der Waals surface area contributed by atoms with E-state index in [1.807, 2.05) is 87.0 Å². The van der Waals surface area contributed by atoms with Gasteiger partial charge in [-0.05, 0) is 61.7 Å². The summed E-state index contributed by atoms with van der Waals surface area (Å²) in [6, 6.07) is 24.3. The molecule has 1 aliphatic rings. The first-order valence-electron chi connectivity index (χ1n) is 14.1. The van der Waals surface area contributed by atoms with Gasteiger partial charge in [0, 0.05) is 12.1 Å². The number of para-hydroxylation sites is 1. The van der Waals surface area contributed by atoms with Crippen molar-refractivity contribution in [1.82, 2.24) is 4.90 Å². The zero-order valence-electron chi connectivity index (χ0n) is 25.5. The normalized spacial score (nSPS) is 13.1. The third-order valence-electron chi connectivity index (χ3n) is 7.73. The van der Waals surface area contributed by atoms with E-state index in [4.69, 9.17) is 17.7 Å². The predicted octanol–water partition coefficient (Wildman–Crippen LogP) is 5.81. The molecule has 13 heteroatoms. The second-order valence-corrected chi connectivity index (χ2v) is 12.4. The highest BCUT2D eigenvalue weighted by Crippen LogP contribution is 2.31. The van der Waals surface area contributed by atoms with Gasteiger partial charge in [-0.15, -0.1) is 0 Å². The molecule has 0 saturated carbocycles. The molecule has 0 unspecified atom stereocenters. The van der Waals surface area contributed by atoms with Crippen LogP contribution in [0, 0.1) is 20.8 Å². The van der Waals surface area contributed by atoms with Crippen molar-refractivity contribution in [2.45, 2.75) is 32.8 Å². The van der Waals surface area contributed by atoms with E-state index in [1.54, 1.807) is 24.3 Å². The zero-order chi connectivity index (χ0) is 34.4. The number of imide groups is 1. The number of esters is 1. The fourth-order valence-corrected chi connectivity index (χ4v) is 5.68. The summed E-state index contributed by atoms with van der Waals surface area (Å²) >= 11 is 0. The summed E-state index contributed by atoms with van der Waals surface area (Å²) in [6.07, 6.45) is 0. The first kappa shape index (κ1) is 33.2. The van der Waals surface area contributed by atoms with Crippen LogP contribution in [0.15, 0.2) is 78.9 Å². The van der Waals surface area contributed by atoms with Crippen molar-refractivity contribution in [2.75, 3.05) is 0 Å². The van der Waals surface area contributed by atoms with E-state index >= 15 is 0 Å². The largest absolute Gasteiger partial charge is 0.741 e. The van der Waals surface area contributed by atoms with Crippen molar-refractivity contribution >= 4 is 49.7 Å². The molecule has 0 spiro atoms. The number of halogens is 3. The summed E-state index contributed by atoms with van der Waals surface area (Å²) in [5.74, 6) is -0.530. The molecule has 5 aromatic rings. The van der Waals surface area contributed by atoms with Gasteiger partial charge in [0.05, 0.1) is 34.0 Å². The Morgan fingerprint density at radius 1 is 0.830 bits per heavy atom. The monoisotopic (exact) mass is 664 g/mol. The van der Waals surface area contributed by atoms with Gasteiger partial charge in [-0.3, -0.25) is 14.5 Å². The molecule has 0 radical (unpaired) electrons. The lowest BCUT2D eigenvalue weighted by atomic mass is 9.99. The Hall–Kier alpha value is -5.14. The van der Waals surface area contributed by atoms with Crippen LogP contribution in [-0.2, 0) is 23.7 Å². The zero-order valence-corrected chi connectivity index (χ0v) is 26.3. The molecule has 1 aromatic heterocycles. The standard InChI is InChI=1S/C33H27N2O4.CHF3O3S/c1-19-15-20(2)30(21(3)16-19)39-33(38)29-25-11-7-8-12-27(25)34(4)28-14-13-22(17-26(28)29)18-35-31(36)23-9-5-6-10-24(23)32(35)37;2-1(3,4)8(5,6)7/h5-17H,18H2,1-4H3;(H,5,6,7)/q+1;/p-1. The molecule has 2 heterocycles. The van der Waals surface area contributed by atoms with E-state index in [0.29, 0.717) is 27.8 Å². The average molecular weight is 665 g/mol. The molecule has 1 aliphatic heterocycles. The number of rotatable bonds is 4. The molecule has 0 bridgehead atoms. The summed E-state index contributed by atoms with van der Waals surface area (Å²) in [6.45, 7) is 5.98. The molecule has 0 atom stereocenters. The van der Waals surface area contributed by atoms with Gasteiger partial charge >= 0.3 is 11.5 Å². The molecule has 0 saturated heterocycles. The number of alkyl halides is 3. The van der Waals surface area contributed by atoms with Crippen LogP contribution >= 0.6 is 0 Å². The molecule has 6 rings (SSSR count). The quantitative estimate of drug-likeness (QED) is 0.0452. The molecule has 47 heavy (non-hydrogen) atoms. The van der Waals surface area contributed by atoms with E-state index in [1.165, 1.54) is 4.90 Å². The number of aryl methyl sites for hydroxylation is 4. The summed E-state index contributed by atoms with van der Waals surface area (Å²) in [7, 11) is -4.13. The number of pyridine rings is 1. The van der Waals surface area contributed by atoms with Gasteiger partial charge in [0.15, 0.2) is 10.1 Å². The van der Waals surface area contributed by atoms with Gasteiger partial charge in [-0.25, -0.2) is 13.2 Å². The second kappa shape index (κ2) is 12.2. The lowest BCUT2D eigenvalue weighted by molar-refractivity contribution is -0.617. The summed E-state index contributed by atoms with van der Waals surface area (Å²) in [5.41, 5.74) is 0.975. The summed E-state index contributed by atoms with van der Waals surface area (Å²) in [4.78, 5) is 41.1. The van der Waals surface area contributed by atoms with Gasteiger partial charge < -0.3 is 9.29 Å². The molecular weight excluding hydrogens is 637 g/mol. The molecule has 242 valence electrons. The molecule has 0 aliphatic carbocycles. The van der Waals surface area contributed by atoms with E-state index in [0.717, 1.165) is 38.7 Å². The van der Waals surface area contributed by atoms with Crippen molar-refractivity contribution in [1.29, 1.82) is 0 Å². The number of fused-ring (bicyclic) bond motifs is 3. The van der Waals surface area contributed by atoms with Gasteiger partial charge in [0.2, 0.25) is 11.0 Å². The van der Waals surface area contributed by atoms with Crippen LogP contribution in [0.1, 0.15) is 53.3 Å². The number of amides is 2. The van der Waals surface area contributed by atoms with Crippen LogP contribution in [-0.4, -0.2) is 41.2 Å². The SMILES string of the molecule is Cc1cc(C)c(OC(=O)c2c3ccccc3[n+](C)c3ccc(CN4C(=O)c5ccccc5C4=O)cc23)c(C)c1.O=S(=O)([O-])C(F)(F)F. The molecule has 4 aromatic carbocycles.